The van der Waals surface area contributed by atoms with Crippen molar-refractivity contribution in [2.24, 2.45) is 0 Å². The molecule has 0 aliphatic heterocycles. The fraction of sp³-hybridized carbons (Fsp3) is 0.0588. The van der Waals surface area contributed by atoms with E-state index in [-0.39, 0.29) is 6.54 Å². The van der Waals surface area contributed by atoms with Gasteiger partial charge in [-0.25, -0.2) is 13.6 Å². The lowest BCUT2D eigenvalue weighted by atomic mass is 10.1. The molecule has 4 nitrogen and oxygen atoms in total. The lowest BCUT2D eigenvalue weighted by molar-refractivity contribution is 0.251. The summed E-state index contributed by atoms with van der Waals surface area (Å²) in [4.78, 5) is 16.1. The van der Waals surface area contributed by atoms with E-state index in [1.54, 1.807) is 23.6 Å². The SMILES string of the molecule is O=C(NCc1ccnc(-c2ccsc2)c1)Nc1c(F)cccc1F. The fourth-order valence-corrected chi connectivity index (χ4v) is 2.76. The normalized spacial score (nSPS) is 10.4. The molecule has 0 bridgehead atoms. The number of carbonyl (C=O) groups is 1. The second-order valence-corrected chi connectivity index (χ2v) is 5.75. The molecule has 2 N–H and O–H groups in total. The van der Waals surface area contributed by atoms with E-state index in [9.17, 15) is 13.6 Å². The molecular formula is C17H13F2N3OS. The number of pyridine rings is 1. The predicted octanol–water partition coefficient (Wildman–Crippen LogP) is 4.41. The van der Waals surface area contributed by atoms with Crippen LogP contribution in [0, 0.1) is 11.6 Å². The second-order valence-electron chi connectivity index (χ2n) is 4.97. The van der Waals surface area contributed by atoms with E-state index in [2.05, 4.69) is 15.6 Å². The molecule has 0 unspecified atom stereocenters. The van der Waals surface area contributed by atoms with E-state index in [1.807, 2.05) is 22.9 Å². The van der Waals surface area contributed by atoms with Gasteiger partial charge >= 0.3 is 6.03 Å². The minimum absolute atomic E-state index is 0.210. The smallest absolute Gasteiger partial charge is 0.319 e. The van der Waals surface area contributed by atoms with Gasteiger partial charge in [0.15, 0.2) is 0 Å². The quantitative estimate of drug-likeness (QED) is 0.736. The topological polar surface area (TPSA) is 54.0 Å². The van der Waals surface area contributed by atoms with E-state index in [1.165, 1.54) is 6.07 Å². The number of hydrogen-bond donors (Lipinski definition) is 2. The summed E-state index contributed by atoms with van der Waals surface area (Å²) in [6, 6.07) is 8.27. The molecule has 24 heavy (non-hydrogen) atoms. The molecular weight excluding hydrogens is 332 g/mol. The molecule has 0 aliphatic carbocycles. The zero-order valence-corrected chi connectivity index (χ0v) is 13.2. The van der Waals surface area contributed by atoms with Crippen molar-refractivity contribution in [3.05, 3.63) is 70.6 Å². The van der Waals surface area contributed by atoms with Crippen LogP contribution in [-0.4, -0.2) is 11.0 Å². The highest BCUT2D eigenvalue weighted by Gasteiger charge is 2.11. The van der Waals surface area contributed by atoms with E-state index in [0.717, 1.165) is 29.0 Å². The molecule has 2 heterocycles. The lowest BCUT2D eigenvalue weighted by Gasteiger charge is -2.09. The average molecular weight is 345 g/mol. The standard InChI is InChI=1S/C17H13F2N3OS/c18-13-2-1-3-14(19)16(13)22-17(23)21-9-11-4-6-20-15(8-11)12-5-7-24-10-12/h1-8,10H,9H2,(H2,21,22,23). The molecule has 0 radical (unpaired) electrons. The number of amides is 2. The van der Waals surface area contributed by atoms with Gasteiger partial charge < -0.3 is 10.6 Å². The number of halogens is 2. The van der Waals surface area contributed by atoms with Gasteiger partial charge in [0.05, 0.1) is 5.69 Å². The number of carbonyl (C=O) groups excluding carboxylic acids is 1. The van der Waals surface area contributed by atoms with Crippen LogP contribution in [0.3, 0.4) is 0 Å². The predicted molar refractivity (Wildman–Crippen MR) is 89.8 cm³/mol. The summed E-state index contributed by atoms with van der Waals surface area (Å²) in [5, 5.41) is 8.68. The minimum atomic E-state index is -0.825. The molecule has 2 aromatic heterocycles. The first kappa shape index (κ1) is 16.1. The number of anilines is 1. The molecule has 0 fully saturated rings. The van der Waals surface area contributed by atoms with E-state index in [4.69, 9.17) is 0 Å². The summed E-state index contributed by atoms with van der Waals surface area (Å²) < 4.78 is 27.0. The Labute approximate surface area is 141 Å². The highest BCUT2D eigenvalue weighted by molar-refractivity contribution is 7.08. The van der Waals surface area contributed by atoms with Gasteiger partial charge in [0, 0.05) is 23.7 Å². The Balaban J connectivity index is 1.64. The van der Waals surface area contributed by atoms with Gasteiger partial charge in [0.2, 0.25) is 0 Å². The molecule has 0 atom stereocenters. The van der Waals surface area contributed by atoms with Gasteiger partial charge in [0.1, 0.15) is 17.3 Å². The summed E-state index contributed by atoms with van der Waals surface area (Å²) >= 11 is 1.57. The van der Waals surface area contributed by atoms with Gasteiger partial charge in [-0.3, -0.25) is 4.98 Å². The molecule has 0 saturated carbocycles. The van der Waals surface area contributed by atoms with Crippen molar-refractivity contribution in [2.45, 2.75) is 6.54 Å². The van der Waals surface area contributed by atoms with Crippen molar-refractivity contribution < 1.29 is 13.6 Å². The maximum atomic E-state index is 13.5. The third-order valence-electron chi connectivity index (χ3n) is 3.30. The number of nitrogens with zero attached hydrogens (tertiary/aromatic N) is 1. The van der Waals surface area contributed by atoms with Crippen LogP contribution in [0.15, 0.2) is 53.4 Å². The summed E-state index contributed by atoms with van der Waals surface area (Å²) in [6.45, 7) is 0.210. The van der Waals surface area contributed by atoms with Crippen LogP contribution < -0.4 is 10.6 Å². The first-order valence-electron chi connectivity index (χ1n) is 7.10. The largest absolute Gasteiger partial charge is 0.334 e. The Kier molecular flexibility index (Phi) is 4.81. The Morgan fingerprint density at radius 2 is 1.96 bits per heavy atom. The van der Waals surface area contributed by atoms with Crippen LogP contribution in [0.5, 0.6) is 0 Å². The van der Waals surface area contributed by atoms with Gasteiger partial charge in [-0.15, -0.1) is 0 Å². The third kappa shape index (κ3) is 3.75. The molecule has 0 spiro atoms. The van der Waals surface area contributed by atoms with Crippen molar-refractivity contribution in [3.8, 4) is 11.3 Å². The van der Waals surface area contributed by atoms with Gasteiger partial charge in [0.25, 0.3) is 0 Å². The van der Waals surface area contributed by atoms with E-state index >= 15 is 0 Å². The number of thiophene rings is 1. The summed E-state index contributed by atoms with van der Waals surface area (Å²) in [6.07, 6.45) is 1.65. The number of hydrogen-bond acceptors (Lipinski definition) is 3. The zero-order valence-electron chi connectivity index (χ0n) is 12.4. The monoisotopic (exact) mass is 345 g/mol. The Bertz CT molecular complexity index is 833. The number of nitrogens with one attached hydrogen (secondary N) is 2. The van der Waals surface area contributed by atoms with Crippen LogP contribution in [0.4, 0.5) is 19.3 Å². The maximum Gasteiger partial charge on any atom is 0.319 e. The van der Waals surface area contributed by atoms with Crippen LogP contribution >= 0.6 is 11.3 Å². The lowest BCUT2D eigenvalue weighted by Crippen LogP contribution is -2.29. The maximum absolute atomic E-state index is 13.5. The molecule has 0 saturated heterocycles. The van der Waals surface area contributed by atoms with Crippen molar-refractivity contribution in [1.29, 1.82) is 0 Å². The zero-order chi connectivity index (χ0) is 16.9. The molecule has 2 amide bonds. The first-order chi connectivity index (χ1) is 11.6. The fourth-order valence-electron chi connectivity index (χ4n) is 2.11. The number of para-hydroxylation sites is 1. The van der Waals surface area contributed by atoms with E-state index in [0.29, 0.717) is 0 Å². The van der Waals surface area contributed by atoms with Gasteiger partial charge in [-0.1, -0.05) is 6.07 Å². The van der Waals surface area contributed by atoms with Gasteiger partial charge in [-0.2, -0.15) is 11.3 Å². The van der Waals surface area contributed by atoms with Crippen LogP contribution in [0.2, 0.25) is 0 Å². The Hall–Kier alpha value is -2.80. The Morgan fingerprint density at radius 3 is 2.67 bits per heavy atom. The van der Waals surface area contributed by atoms with Crippen molar-refractivity contribution >= 4 is 23.1 Å². The third-order valence-corrected chi connectivity index (χ3v) is 3.98. The summed E-state index contributed by atoms with van der Waals surface area (Å²) in [7, 11) is 0. The molecule has 1 aromatic carbocycles. The Morgan fingerprint density at radius 1 is 1.17 bits per heavy atom. The van der Waals surface area contributed by atoms with Crippen LogP contribution in [-0.2, 0) is 6.54 Å². The molecule has 3 aromatic rings. The second kappa shape index (κ2) is 7.18. The number of aromatic nitrogens is 1. The number of urea groups is 1. The molecule has 3 rings (SSSR count). The average Bonchev–Trinajstić information content (AvgIpc) is 3.11. The van der Waals surface area contributed by atoms with Gasteiger partial charge in [-0.05, 0) is 41.3 Å². The summed E-state index contributed by atoms with van der Waals surface area (Å²) in [5.74, 6) is -1.65. The van der Waals surface area contributed by atoms with E-state index < -0.39 is 23.4 Å². The summed E-state index contributed by atoms with van der Waals surface area (Å²) in [5.41, 5.74) is 2.16. The van der Waals surface area contributed by atoms with Crippen molar-refractivity contribution in [3.63, 3.8) is 0 Å². The highest BCUT2D eigenvalue weighted by Crippen LogP contribution is 2.21. The molecule has 122 valence electrons. The van der Waals surface area contributed by atoms with Crippen molar-refractivity contribution in [2.75, 3.05) is 5.32 Å². The number of benzene rings is 1. The number of rotatable bonds is 4. The van der Waals surface area contributed by atoms with Crippen LogP contribution in [0.1, 0.15) is 5.56 Å². The molecule has 7 heteroatoms. The van der Waals surface area contributed by atoms with Crippen molar-refractivity contribution in [1.82, 2.24) is 10.3 Å². The first-order valence-corrected chi connectivity index (χ1v) is 8.04. The molecule has 0 aliphatic rings. The minimum Gasteiger partial charge on any atom is -0.334 e. The van der Waals surface area contributed by atoms with Crippen LogP contribution in [0.25, 0.3) is 11.3 Å². The highest BCUT2D eigenvalue weighted by atomic mass is 32.1.